The molecule has 0 amide bonds. The number of carbonyl (C=O) groups is 1. The molecule has 3 rings (SSSR count). The van der Waals surface area contributed by atoms with Crippen LogP contribution in [0.25, 0.3) is 0 Å². The van der Waals surface area contributed by atoms with Crippen LogP contribution in [0, 0.1) is 11.8 Å². The number of carboxylic acid groups (broad SMARTS) is 1. The molecule has 0 radical (unpaired) electrons. The molecular formula is C11H14N2O3. The van der Waals surface area contributed by atoms with E-state index in [2.05, 4.69) is 10.3 Å². The number of carboxylic acids is 1. The minimum atomic E-state index is -1.05. The van der Waals surface area contributed by atoms with Gasteiger partial charge in [0.05, 0.1) is 0 Å². The first-order valence-electron chi connectivity index (χ1n) is 5.67. The average molecular weight is 222 g/mol. The predicted molar refractivity (Wildman–Crippen MR) is 56.3 cm³/mol. The van der Waals surface area contributed by atoms with Gasteiger partial charge < -0.3 is 14.8 Å². The monoisotopic (exact) mass is 222 g/mol. The van der Waals surface area contributed by atoms with Gasteiger partial charge >= 0.3 is 5.97 Å². The fourth-order valence-corrected chi connectivity index (χ4v) is 3.02. The summed E-state index contributed by atoms with van der Waals surface area (Å²) in [5, 5.41) is 11.9. The molecule has 2 N–H and O–H groups in total. The molecule has 0 saturated heterocycles. The first kappa shape index (κ1) is 9.69. The molecule has 86 valence electrons. The summed E-state index contributed by atoms with van der Waals surface area (Å²) in [6.07, 6.45) is 6.25. The second-order valence-electron chi connectivity index (χ2n) is 4.77. The van der Waals surface area contributed by atoms with Crippen LogP contribution in [0.3, 0.4) is 0 Å². The third-order valence-electron chi connectivity index (χ3n) is 3.77. The summed E-state index contributed by atoms with van der Waals surface area (Å²) in [5.41, 5.74) is -0.0364. The molecule has 3 unspecified atom stereocenters. The highest BCUT2D eigenvalue weighted by Gasteiger charge is 2.39. The molecule has 0 aromatic carbocycles. The fraction of sp³-hybridized carbons (Fsp3) is 0.636. The Kier molecular flexibility index (Phi) is 2.12. The minimum absolute atomic E-state index is 0.0364. The summed E-state index contributed by atoms with van der Waals surface area (Å²) in [7, 11) is 0. The quantitative estimate of drug-likeness (QED) is 0.817. The first-order valence-corrected chi connectivity index (χ1v) is 5.67. The highest BCUT2D eigenvalue weighted by molar-refractivity contribution is 5.85. The lowest BCUT2D eigenvalue weighted by atomic mass is 9.96. The van der Waals surface area contributed by atoms with Gasteiger partial charge in [0.25, 0.3) is 6.01 Å². The molecule has 5 heteroatoms. The van der Waals surface area contributed by atoms with E-state index < -0.39 is 5.97 Å². The van der Waals surface area contributed by atoms with Crippen molar-refractivity contribution in [3.8, 4) is 0 Å². The molecule has 2 bridgehead atoms. The van der Waals surface area contributed by atoms with E-state index in [1.807, 2.05) is 0 Å². The Morgan fingerprint density at radius 3 is 2.94 bits per heavy atom. The van der Waals surface area contributed by atoms with E-state index in [1.165, 1.54) is 25.5 Å². The molecule has 1 aromatic rings. The van der Waals surface area contributed by atoms with Gasteiger partial charge in [-0.15, -0.1) is 0 Å². The van der Waals surface area contributed by atoms with E-state index in [-0.39, 0.29) is 5.69 Å². The lowest BCUT2D eigenvalue weighted by molar-refractivity contribution is 0.0690. The van der Waals surface area contributed by atoms with E-state index in [4.69, 9.17) is 9.52 Å². The van der Waals surface area contributed by atoms with Crippen molar-refractivity contribution in [3.63, 3.8) is 0 Å². The van der Waals surface area contributed by atoms with Gasteiger partial charge in [0, 0.05) is 6.04 Å². The van der Waals surface area contributed by atoms with Crippen molar-refractivity contribution in [2.75, 3.05) is 5.32 Å². The van der Waals surface area contributed by atoms with Crippen molar-refractivity contribution in [3.05, 3.63) is 12.0 Å². The Balaban J connectivity index is 1.68. The van der Waals surface area contributed by atoms with E-state index >= 15 is 0 Å². The highest BCUT2D eigenvalue weighted by Crippen LogP contribution is 2.45. The third-order valence-corrected chi connectivity index (χ3v) is 3.77. The number of rotatable bonds is 3. The largest absolute Gasteiger partial charge is 0.476 e. The summed E-state index contributed by atoms with van der Waals surface area (Å²) in [6.45, 7) is 0. The Morgan fingerprint density at radius 2 is 2.38 bits per heavy atom. The zero-order chi connectivity index (χ0) is 11.1. The van der Waals surface area contributed by atoms with Crippen molar-refractivity contribution in [1.82, 2.24) is 4.98 Å². The smallest absolute Gasteiger partial charge is 0.357 e. The van der Waals surface area contributed by atoms with Gasteiger partial charge in [0.15, 0.2) is 5.69 Å². The summed E-state index contributed by atoms with van der Waals surface area (Å²) in [4.78, 5) is 14.5. The number of nitrogens with one attached hydrogen (secondary N) is 1. The molecule has 1 aromatic heterocycles. The van der Waals surface area contributed by atoms with Crippen LogP contribution in [0.5, 0.6) is 0 Å². The number of fused-ring (bicyclic) bond motifs is 2. The number of hydrogen-bond acceptors (Lipinski definition) is 4. The Bertz CT molecular complexity index is 415. The SMILES string of the molecule is O=C(O)c1coc(NC2CC3CCC2C3)n1. The fourth-order valence-electron chi connectivity index (χ4n) is 3.02. The lowest BCUT2D eigenvalue weighted by Crippen LogP contribution is -2.25. The van der Waals surface area contributed by atoms with Crippen LogP contribution in [-0.4, -0.2) is 22.1 Å². The second kappa shape index (κ2) is 3.50. The van der Waals surface area contributed by atoms with Crippen LogP contribution in [0.15, 0.2) is 10.7 Å². The van der Waals surface area contributed by atoms with E-state index in [9.17, 15) is 4.79 Å². The maximum Gasteiger partial charge on any atom is 0.357 e. The van der Waals surface area contributed by atoms with Crippen LogP contribution in [0.4, 0.5) is 6.01 Å². The van der Waals surface area contributed by atoms with Crippen LogP contribution >= 0.6 is 0 Å². The molecule has 2 aliphatic carbocycles. The standard InChI is InChI=1S/C11H14N2O3/c14-10(15)9-5-16-11(13-9)12-8-4-6-1-2-7(8)3-6/h5-8H,1-4H2,(H,12,13)(H,14,15). The van der Waals surface area contributed by atoms with Crippen molar-refractivity contribution in [1.29, 1.82) is 0 Å². The van der Waals surface area contributed by atoms with Crippen LogP contribution in [-0.2, 0) is 0 Å². The Labute approximate surface area is 92.9 Å². The van der Waals surface area contributed by atoms with E-state index in [0.717, 1.165) is 12.3 Å². The van der Waals surface area contributed by atoms with Gasteiger partial charge in [-0.2, -0.15) is 4.98 Å². The number of aromatic carboxylic acids is 1. The topological polar surface area (TPSA) is 75.4 Å². The molecule has 3 atom stereocenters. The number of hydrogen-bond donors (Lipinski definition) is 2. The number of nitrogens with zero attached hydrogens (tertiary/aromatic N) is 1. The number of anilines is 1. The van der Waals surface area contributed by atoms with Crippen molar-refractivity contribution < 1.29 is 14.3 Å². The molecule has 1 heterocycles. The van der Waals surface area contributed by atoms with Crippen LogP contribution in [0.2, 0.25) is 0 Å². The third kappa shape index (κ3) is 1.56. The Morgan fingerprint density at radius 1 is 1.50 bits per heavy atom. The lowest BCUT2D eigenvalue weighted by Gasteiger charge is -2.21. The summed E-state index contributed by atoms with van der Waals surface area (Å²) >= 11 is 0. The Hall–Kier alpha value is -1.52. The zero-order valence-corrected chi connectivity index (χ0v) is 8.85. The predicted octanol–water partition coefficient (Wildman–Crippen LogP) is 1.97. The molecule has 2 aliphatic rings. The van der Waals surface area contributed by atoms with Crippen molar-refractivity contribution >= 4 is 12.0 Å². The van der Waals surface area contributed by atoms with Crippen LogP contribution < -0.4 is 5.32 Å². The van der Waals surface area contributed by atoms with Gasteiger partial charge in [0.2, 0.25) is 0 Å². The molecule has 5 nitrogen and oxygen atoms in total. The number of aromatic nitrogens is 1. The van der Waals surface area contributed by atoms with Crippen molar-refractivity contribution in [2.45, 2.75) is 31.7 Å². The average Bonchev–Trinajstić information content (AvgIpc) is 2.91. The normalized spacial score (nSPS) is 31.9. The maximum atomic E-state index is 10.6. The molecule has 2 saturated carbocycles. The van der Waals surface area contributed by atoms with Crippen molar-refractivity contribution in [2.24, 2.45) is 11.8 Å². The van der Waals surface area contributed by atoms with Gasteiger partial charge in [-0.1, -0.05) is 6.42 Å². The molecule has 16 heavy (non-hydrogen) atoms. The van der Waals surface area contributed by atoms with E-state index in [1.54, 1.807) is 0 Å². The van der Waals surface area contributed by atoms with Gasteiger partial charge in [0.1, 0.15) is 6.26 Å². The number of oxazole rings is 1. The summed E-state index contributed by atoms with van der Waals surface area (Å²) < 4.78 is 5.09. The zero-order valence-electron chi connectivity index (χ0n) is 8.85. The molecule has 0 aliphatic heterocycles. The van der Waals surface area contributed by atoms with Gasteiger partial charge in [-0.3, -0.25) is 0 Å². The molecular weight excluding hydrogens is 208 g/mol. The second-order valence-corrected chi connectivity index (χ2v) is 4.77. The van der Waals surface area contributed by atoms with E-state index in [0.29, 0.717) is 18.0 Å². The first-order chi connectivity index (χ1) is 7.72. The molecule has 2 fully saturated rings. The summed E-state index contributed by atoms with van der Waals surface area (Å²) in [5.74, 6) is 0.506. The minimum Gasteiger partial charge on any atom is -0.476 e. The van der Waals surface area contributed by atoms with Gasteiger partial charge in [-0.25, -0.2) is 4.79 Å². The van der Waals surface area contributed by atoms with Gasteiger partial charge in [-0.05, 0) is 31.1 Å². The molecule has 0 spiro atoms. The highest BCUT2D eigenvalue weighted by atomic mass is 16.4. The maximum absolute atomic E-state index is 10.6. The summed E-state index contributed by atoms with van der Waals surface area (Å²) in [6, 6.07) is 0.758. The van der Waals surface area contributed by atoms with Crippen LogP contribution in [0.1, 0.15) is 36.2 Å².